The number of benzene rings is 2. The zero-order valence-electron chi connectivity index (χ0n) is 18.4. The Morgan fingerprint density at radius 3 is 2.62 bits per heavy atom. The predicted octanol–water partition coefficient (Wildman–Crippen LogP) is 5.02. The molecular weight excluding hydrogens is 470 g/mol. The van der Waals surface area contributed by atoms with Crippen molar-refractivity contribution in [2.75, 3.05) is 11.1 Å². The van der Waals surface area contributed by atoms with Crippen molar-refractivity contribution in [1.29, 1.82) is 0 Å². The summed E-state index contributed by atoms with van der Waals surface area (Å²) in [4.78, 5) is 31.6. The zero-order chi connectivity index (χ0) is 23.8. The third-order valence-electron chi connectivity index (χ3n) is 5.28. The molecule has 0 aliphatic heterocycles. The molecular formula is C24H20ClN7OS. The van der Waals surface area contributed by atoms with Gasteiger partial charge in [-0.1, -0.05) is 35.9 Å². The van der Waals surface area contributed by atoms with E-state index in [0.717, 1.165) is 16.3 Å². The number of nitrogens with one attached hydrogen (secondary N) is 1. The molecule has 0 spiro atoms. The lowest BCUT2D eigenvalue weighted by Crippen LogP contribution is -2.27. The Labute approximate surface area is 204 Å². The Morgan fingerprint density at radius 2 is 1.88 bits per heavy atom. The summed E-state index contributed by atoms with van der Waals surface area (Å²) in [5.74, 6) is 1.14. The monoisotopic (exact) mass is 489 g/mol. The van der Waals surface area contributed by atoms with Crippen LogP contribution in [0.2, 0.25) is 5.02 Å². The van der Waals surface area contributed by atoms with Crippen LogP contribution in [0.5, 0.6) is 0 Å². The molecule has 2 aromatic carbocycles. The first-order valence-corrected chi connectivity index (χ1v) is 11.8. The summed E-state index contributed by atoms with van der Waals surface area (Å²) in [7, 11) is 0. The van der Waals surface area contributed by atoms with Crippen LogP contribution < -0.4 is 16.6 Å². The van der Waals surface area contributed by atoms with Gasteiger partial charge in [0.25, 0.3) is 5.56 Å². The number of para-hydroxylation sites is 1. The van der Waals surface area contributed by atoms with Gasteiger partial charge in [0.1, 0.15) is 16.6 Å². The number of fused-ring (bicyclic) bond motifs is 1. The number of halogens is 1. The second-order valence-electron chi connectivity index (χ2n) is 7.73. The third kappa shape index (κ3) is 4.00. The number of nitrogen functional groups attached to an aromatic ring is 1. The maximum Gasteiger partial charge on any atom is 0.267 e. The quantitative estimate of drug-likeness (QED) is 0.356. The molecule has 0 aliphatic carbocycles. The first-order chi connectivity index (χ1) is 16.4. The van der Waals surface area contributed by atoms with Gasteiger partial charge in [0.05, 0.1) is 33.2 Å². The van der Waals surface area contributed by atoms with Crippen LogP contribution in [-0.4, -0.2) is 24.5 Å². The van der Waals surface area contributed by atoms with Gasteiger partial charge in [-0.3, -0.25) is 9.36 Å². The highest BCUT2D eigenvalue weighted by Crippen LogP contribution is 2.32. The van der Waals surface area contributed by atoms with Crippen LogP contribution in [0.25, 0.3) is 27.2 Å². The van der Waals surface area contributed by atoms with E-state index in [2.05, 4.69) is 20.3 Å². The number of aromatic nitrogens is 5. The van der Waals surface area contributed by atoms with E-state index < -0.39 is 6.04 Å². The Balaban J connectivity index is 1.67. The average Bonchev–Trinajstić information content (AvgIpc) is 3.25. The molecule has 5 rings (SSSR count). The molecule has 1 unspecified atom stereocenters. The van der Waals surface area contributed by atoms with Gasteiger partial charge in [-0.25, -0.2) is 15.0 Å². The van der Waals surface area contributed by atoms with Gasteiger partial charge in [0.15, 0.2) is 0 Å². The van der Waals surface area contributed by atoms with Gasteiger partial charge in [-0.15, -0.1) is 11.3 Å². The molecule has 1 atom stereocenters. The topological polar surface area (TPSA) is 112 Å². The summed E-state index contributed by atoms with van der Waals surface area (Å²) in [5, 5.41) is 6.83. The smallest absolute Gasteiger partial charge is 0.267 e. The molecule has 0 fully saturated rings. The fourth-order valence-corrected chi connectivity index (χ4v) is 4.79. The van der Waals surface area contributed by atoms with E-state index in [-0.39, 0.29) is 11.5 Å². The van der Waals surface area contributed by atoms with E-state index in [1.54, 1.807) is 29.0 Å². The number of hydrogen-bond donors (Lipinski definition) is 2. The minimum Gasteiger partial charge on any atom is -0.368 e. The van der Waals surface area contributed by atoms with E-state index in [1.807, 2.05) is 49.6 Å². The number of nitrogens with zero attached hydrogens (tertiary/aromatic N) is 5. The Bertz CT molecular complexity index is 1570. The van der Waals surface area contributed by atoms with Gasteiger partial charge >= 0.3 is 0 Å². The van der Waals surface area contributed by atoms with Crippen molar-refractivity contribution < 1.29 is 0 Å². The van der Waals surface area contributed by atoms with Gasteiger partial charge in [0, 0.05) is 17.3 Å². The van der Waals surface area contributed by atoms with Crippen molar-refractivity contribution in [1.82, 2.24) is 24.5 Å². The number of rotatable bonds is 5. The molecule has 3 heterocycles. The molecule has 3 aromatic heterocycles. The number of aryl methyl sites for hydroxylation is 1. The molecule has 170 valence electrons. The normalized spacial score (nSPS) is 12.1. The Kier molecular flexibility index (Phi) is 5.72. The van der Waals surface area contributed by atoms with Crippen LogP contribution in [-0.2, 0) is 0 Å². The molecule has 0 saturated carbocycles. The summed E-state index contributed by atoms with van der Waals surface area (Å²) < 4.78 is 1.57. The molecule has 5 aromatic rings. The van der Waals surface area contributed by atoms with Crippen molar-refractivity contribution in [3.63, 3.8) is 0 Å². The maximum absolute atomic E-state index is 13.6. The van der Waals surface area contributed by atoms with Crippen molar-refractivity contribution >= 4 is 45.6 Å². The van der Waals surface area contributed by atoms with Crippen molar-refractivity contribution in [3.8, 4) is 16.3 Å². The molecule has 0 amide bonds. The lowest BCUT2D eigenvalue weighted by atomic mass is 10.2. The molecule has 0 bridgehead atoms. The number of hydrogen-bond acceptors (Lipinski definition) is 8. The summed E-state index contributed by atoms with van der Waals surface area (Å²) >= 11 is 7.88. The highest BCUT2D eigenvalue weighted by atomic mass is 35.5. The fraction of sp³-hybridized carbons (Fsp3) is 0.125. The second kappa shape index (κ2) is 8.85. The van der Waals surface area contributed by atoms with Crippen LogP contribution in [0.1, 0.15) is 24.5 Å². The van der Waals surface area contributed by atoms with Crippen LogP contribution in [0.3, 0.4) is 0 Å². The van der Waals surface area contributed by atoms with Crippen LogP contribution in [0.4, 0.5) is 11.8 Å². The summed E-state index contributed by atoms with van der Waals surface area (Å²) in [6, 6.07) is 14.2. The summed E-state index contributed by atoms with van der Waals surface area (Å²) in [6.45, 7) is 3.84. The van der Waals surface area contributed by atoms with Gasteiger partial charge < -0.3 is 11.1 Å². The number of anilines is 2. The van der Waals surface area contributed by atoms with Gasteiger partial charge in [-0.2, -0.15) is 4.98 Å². The minimum absolute atomic E-state index is 0.130. The maximum atomic E-state index is 13.6. The Morgan fingerprint density at radius 1 is 1.09 bits per heavy atom. The molecule has 3 N–H and O–H groups in total. The third-order valence-corrected chi connectivity index (χ3v) is 6.59. The van der Waals surface area contributed by atoms with E-state index in [1.165, 1.54) is 11.3 Å². The predicted molar refractivity (Wildman–Crippen MR) is 137 cm³/mol. The van der Waals surface area contributed by atoms with Gasteiger partial charge in [0.2, 0.25) is 5.95 Å². The molecule has 34 heavy (non-hydrogen) atoms. The van der Waals surface area contributed by atoms with E-state index in [4.69, 9.17) is 22.3 Å². The Hall–Kier alpha value is -3.82. The lowest BCUT2D eigenvalue weighted by molar-refractivity contribution is 0.731. The molecule has 8 nitrogen and oxygen atoms in total. The molecule has 0 radical (unpaired) electrons. The summed E-state index contributed by atoms with van der Waals surface area (Å²) in [5.41, 5.74) is 8.48. The van der Waals surface area contributed by atoms with Crippen LogP contribution in [0.15, 0.2) is 64.9 Å². The second-order valence-corrected chi connectivity index (χ2v) is 9.00. The van der Waals surface area contributed by atoms with Crippen molar-refractivity contribution in [2.24, 2.45) is 0 Å². The largest absolute Gasteiger partial charge is 0.368 e. The van der Waals surface area contributed by atoms with Crippen LogP contribution >= 0.6 is 22.9 Å². The number of thiazole rings is 1. The van der Waals surface area contributed by atoms with Gasteiger partial charge in [-0.05, 0) is 38.1 Å². The molecule has 0 saturated heterocycles. The van der Waals surface area contributed by atoms with Crippen molar-refractivity contribution in [2.45, 2.75) is 19.9 Å². The zero-order valence-corrected chi connectivity index (χ0v) is 19.9. The highest BCUT2D eigenvalue weighted by Gasteiger charge is 2.21. The first-order valence-electron chi connectivity index (χ1n) is 10.5. The molecule has 10 heteroatoms. The lowest BCUT2D eigenvalue weighted by Gasteiger charge is -2.21. The SMILES string of the molecule is Cc1csc(-c2cnc(N)nc2NC(C)c2nc3cccc(Cl)c3c(=O)n2-c2ccccc2)n1. The molecule has 0 aliphatic rings. The number of nitrogens with two attached hydrogens (primary N) is 1. The highest BCUT2D eigenvalue weighted by molar-refractivity contribution is 7.13. The van der Waals surface area contributed by atoms with E-state index in [0.29, 0.717) is 33.3 Å². The van der Waals surface area contributed by atoms with Crippen LogP contribution in [0, 0.1) is 6.92 Å². The standard InChI is InChI=1S/C24H20ClN7OS/c1-13-12-34-22(28-13)16-11-27-24(26)31-20(16)29-14(2)21-30-18-10-6-9-17(25)19(18)23(33)32(21)15-7-4-3-5-8-15/h3-12,14H,1-2H3,(H3,26,27,29,31). The van der Waals surface area contributed by atoms with E-state index in [9.17, 15) is 4.79 Å². The van der Waals surface area contributed by atoms with Crippen molar-refractivity contribution in [3.05, 3.63) is 87.0 Å². The fourth-order valence-electron chi connectivity index (χ4n) is 3.73. The first kappa shape index (κ1) is 22.0. The van der Waals surface area contributed by atoms with E-state index >= 15 is 0 Å². The minimum atomic E-state index is -0.426. The average molecular weight is 490 g/mol. The summed E-state index contributed by atoms with van der Waals surface area (Å²) in [6.07, 6.45) is 1.65.